The Kier molecular flexibility index (Phi) is 6.54. The van der Waals surface area contributed by atoms with Crippen LogP contribution in [-0.4, -0.2) is 42.4 Å². The van der Waals surface area contributed by atoms with Gasteiger partial charge in [-0.15, -0.1) is 11.8 Å². The van der Waals surface area contributed by atoms with E-state index >= 15 is 0 Å². The molecule has 1 aromatic carbocycles. The molecule has 3 rings (SSSR count). The van der Waals surface area contributed by atoms with E-state index < -0.39 is 0 Å². The Labute approximate surface area is 160 Å². The second-order valence-electron chi connectivity index (χ2n) is 6.91. The molecule has 2 aromatic rings. The van der Waals surface area contributed by atoms with Crippen molar-refractivity contribution in [2.75, 3.05) is 32.5 Å². The first-order valence-electron chi connectivity index (χ1n) is 9.02. The molecule has 0 saturated carbocycles. The second-order valence-corrected chi connectivity index (χ2v) is 7.73. The molecular weight excluding hydrogens is 342 g/mol. The topological polar surface area (TPSA) is 49.1 Å². The van der Waals surface area contributed by atoms with Gasteiger partial charge in [-0.3, -0.25) is 0 Å². The molecule has 2 atom stereocenters. The van der Waals surface area contributed by atoms with Crippen LogP contribution in [0.4, 0.5) is 0 Å². The molecule has 0 N–H and O–H groups in total. The monoisotopic (exact) mass is 367 g/mol. The van der Waals surface area contributed by atoms with Gasteiger partial charge < -0.3 is 9.64 Å². The summed E-state index contributed by atoms with van der Waals surface area (Å²) in [4.78, 5) is 6.86. The summed E-state index contributed by atoms with van der Waals surface area (Å²) in [5, 5.41) is 10.0. The van der Waals surface area contributed by atoms with Crippen molar-refractivity contribution < 1.29 is 4.74 Å². The quantitative estimate of drug-likeness (QED) is 0.696. The van der Waals surface area contributed by atoms with Gasteiger partial charge in [0.15, 0.2) is 0 Å². The largest absolute Gasteiger partial charge is 0.492 e. The molecule has 1 aliphatic heterocycles. The minimum absolute atomic E-state index is 0.542. The summed E-state index contributed by atoms with van der Waals surface area (Å²) in [6.07, 6.45) is 4.81. The Morgan fingerprint density at radius 2 is 2.19 bits per heavy atom. The number of rotatable bonds is 7. The summed E-state index contributed by atoms with van der Waals surface area (Å²) in [7, 11) is 0. The number of benzene rings is 1. The van der Waals surface area contributed by atoms with Crippen LogP contribution >= 0.6 is 11.8 Å². The summed E-state index contributed by atoms with van der Waals surface area (Å²) in [5.74, 6) is 2.02. The molecule has 1 saturated heterocycles. The van der Waals surface area contributed by atoms with E-state index in [9.17, 15) is 0 Å². The zero-order chi connectivity index (χ0) is 18.4. The average Bonchev–Trinajstić information content (AvgIpc) is 3.05. The predicted octanol–water partition coefficient (Wildman–Crippen LogP) is 3.86. The molecule has 0 radical (unpaired) electrons. The fraction of sp³-hybridized carbons (Fsp3) is 0.429. The van der Waals surface area contributed by atoms with Gasteiger partial charge in [-0.05, 0) is 48.4 Å². The second kappa shape index (κ2) is 9.07. The molecule has 0 aliphatic carbocycles. The highest BCUT2D eigenvalue weighted by atomic mass is 32.2. The van der Waals surface area contributed by atoms with E-state index in [0.29, 0.717) is 11.8 Å². The minimum Gasteiger partial charge on any atom is -0.492 e. The van der Waals surface area contributed by atoms with Crippen molar-refractivity contribution in [2.24, 2.45) is 11.8 Å². The summed E-state index contributed by atoms with van der Waals surface area (Å²) in [6.45, 7) is 6.24. The lowest BCUT2D eigenvalue weighted by Crippen LogP contribution is -2.24. The summed E-state index contributed by atoms with van der Waals surface area (Å²) in [6, 6.07) is 14.1. The highest BCUT2D eigenvalue weighted by Gasteiger charge is 2.29. The number of hydrogen-bond donors (Lipinski definition) is 0. The molecule has 1 aromatic heterocycles. The molecule has 2 heterocycles. The van der Waals surface area contributed by atoms with Crippen molar-refractivity contribution in [3.05, 3.63) is 53.7 Å². The first-order chi connectivity index (χ1) is 12.7. The van der Waals surface area contributed by atoms with E-state index in [4.69, 9.17) is 10.00 Å². The smallest absolute Gasteiger partial charge is 0.137 e. The van der Waals surface area contributed by atoms with Crippen LogP contribution in [0.1, 0.15) is 18.1 Å². The van der Waals surface area contributed by atoms with Crippen LogP contribution in [0.25, 0.3) is 0 Å². The maximum atomic E-state index is 9.01. The normalized spacial score (nSPS) is 20.0. The van der Waals surface area contributed by atoms with E-state index in [2.05, 4.69) is 28.9 Å². The number of nitriles is 1. The first kappa shape index (κ1) is 18.8. The van der Waals surface area contributed by atoms with Gasteiger partial charge in [-0.2, -0.15) is 5.26 Å². The fourth-order valence-electron chi connectivity index (χ4n) is 3.40. The molecule has 26 heavy (non-hydrogen) atoms. The minimum atomic E-state index is 0.542. The standard InChI is InChI=1S/C21H25N3OS/c1-16-13-24(9-8-17-4-3-5-18(10-17)11-22)14-19(16)15-25-20-6-7-21(26-2)23-12-20/h3-7,10,12,16,19H,8-9,13-15H2,1-2H3/t16?,19-/m0/s1. The van der Waals surface area contributed by atoms with Crippen LogP contribution in [0, 0.1) is 23.2 Å². The highest BCUT2D eigenvalue weighted by molar-refractivity contribution is 7.98. The molecule has 0 amide bonds. The molecule has 5 heteroatoms. The number of likely N-dealkylation sites (tertiary alicyclic amines) is 1. The summed E-state index contributed by atoms with van der Waals surface area (Å²) in [5.41, 5.74) is 1.97. The maximum absolute atomic E-state index is 9.01. The third-order valence-electron chi connectivity index (χ3n) is 5.00. The third kappa shape index (κ3) is 5.00. The molecule has 1 aliphatic rings. The van der Waals surface area contributed by atoms with Crippen LogP contribution in [0.3, 0.4) is 0 Å². The van der Waals surface area contributed by atoms with E-state index in [0.717, 1.165) is 49.0 Å². The Hall–Kier alpha value is -2.03. The fourth-order valence-corrected chi connectivity index (χ4v) is 3.76. The van der Waals surface area contributed by atoms with Crippen molar-refractivity contribution in [3.8, 4) is 11.8 Å². The van der Waals surface area contributed by atoms with E-state index in [1.807, 2.05) is 42.8 Å². The van der Waals surface area contributed by atoms with Crippen molar-refractivity contribution in [3.63, 3.8) is 0 Å². The predicted molar refractivity (Wildman–Crippen MR) is 105 cm³/mol. The molecule has 136 valence electrons. The molecule has 0 spiro atoms. The van der Waals surface area contributed by atoms with E-state index in [1.54, 1.807) is 11.8 Å². The number of nitrogens with zero attached hydrogens (tertiary/aromatic N) is 3. The van der Waals surface area contributed by atoms with Crippen LogP contribution in [0.5, 0.6) is 5.75 Å². The lowest BCUT2D eigenvalue weighted by atomic mass is 9.99. The van der Waals surface area contributed by atoms with Gasteiger partial charge in [0.2, 0.25) is 0 Å². The van der Waals surface area contributed by atoms with Gasteiger partial charge in [0, 0.05) is 25.6 Å². The Morgan fingerprint density at radius 3 is 2.92 bits per heavy atom. The molecular formula is C21H25N3OS. The van der Waals surface area contributed by atoms with Gasteiger partial charge in [-0.1, -0.05) is 19.1 Å². The Morgan fingerprint density at radius 1 is 1.31 bits per heavy atom. The number of ether oxygens (including phenoxy) is 1. The van der Waals surface area contributed by atoms with Gasteiger partial charge in [-0.25, -0.2) is 4.98 Å². The Bertz CT molecular complexity index is 757. The first-order valence-corrected chi connectivity index (χ1v) is 10.2. The third-order valence-corrected chi connectivity index (χ3v) is 5.66. The zero-order valence-corrected chi connectivity index (χ0v) is 16.2. The summed E-state index contributed by atoms with van der Waals surface area (Å²) < 4.78 is 5.97. The lowest BCUT2D eigenvalue weighted by Gasteiger charge is -2.16. The zero-order valence-electron chi connectivity index (χ0n) is 15.4. The Balaban J connectivity index is 1.47. The number of hydrogen-bond acceptors (Lipinski definition) is 5. The molecule has 1 unspecified atom stereocenters. The van der Waals surface area contributed by atoms with Gasteiger partial charge >= 0.3 is 0 Å². The average molecular weight is 368 g/mol. The van der Waals surface area contributed by atoms with Crippen LogP contribution < -0.4 is 4.74 Å². The number of pyridine rings is 1. The summed E-state index contributed by atoms with van der Waals surface area (Å²) >= 11 is 1.64. The van der Waals surface area contributed by atoms with Crippen molar-refractivity contribution in [1.29, 1.82) is 5.26 Å². The number of aromatic nitrogens is 1. The van der Waals surface area contributed by atoms with Crippen LogP contribution in [0.15, 0.2) is 47.6 Å². The van der Waals surface area contributed by atoms with Crippen molar-refractivity contribution >= 4 is 11.8 Å². The molecule has 1 fully saturated rings. The van der Waals surface area contributed by atoms with Crippen LogP contribution in [-0.2, 0) is 6.42 Å². The van der Waals surface area contributed by atoms with E-state index in [-0.39, 0.29) is 0 Å². The maximum Gasteiger partial charge on any atom is 0.137 e. The van der Waals surface area contributed by atoms with Crippen molar-refractivity contribution in [1.82, 2.24) is 9.88 Å². The van der Waals surface area contributed by atoms with Crippen molar-refractivity contribution in [2.45, 2.75) is 18.4 Å². The molecule has 0 bridgehead atoms. The van der Waals surface area contributed by atoms with Gasteiger partial charge in [0.05, 0.1) is 29.5 Å². The molecule has 4 nitrogen and oxygen atoms in total. The number of thioether (sulfide) groups is 1. The van der Waals surface area contributed by atoms with Crippen LogP contribution in [0.2, 0.25) is 0 Å². The van der Waals surface area contributed by atoms with Gasteiger partial charge in [0.1, 0.15) is 5.75 Å². The van der Waals surface area contributed by atoms with E-state index in [1.165, 1.54) is 5.56 Å². The SMILES string of the molecule is CSc1ccc(OC[C@@H]2CN(CCc3cccc(C#N)c3)CC2C)cn1. The lowest BCUT2D eigenvalue weighted by molar-refractivity contribution is 0.224. The highest BCUT2D eigenvalue weighted by Crippen LogP contribution is 2.25. The van der Waals surface area contributed by atoms with Gasteiger partial charge in [0.25, 0.3) is 0 Å².